The number of hydrogen-bond acceptors (Lipinski definition) is 3. The molecule has 0 saturated carbocycles. The lowest BCUT2D eigenvalue weighted by molar-refractivity contribution is 0.348. The van der Waals surface area contributed by atoms with Gasteiger partial charge in [0.25, 0.3) is 0 Å². The topological polar surface area (TPSA) is 29.3 Å². The third kappa shape index (κ3) is 2.54. The maximum atomic E-state index is 5.69. The molecule has 0 radical (unpaired) electrons. The summed E-state index contributed by atoms with van der Waals surface area (Å²) in [7, 11) is 2.05. The van der Waals surface area contributed by atoms with Gasteiger partial charge in [-0.2, -0.15) is 0 Å². The highest BCUT2D eigenvalue weighted by Gasteiger charge is 2.04. The number of aryl methyl sites for hydroxylation is 1. The van der Waals surface area contributed by atoms with Gasteiger partial charge >= 0.3 is 0 Å². The van der Waals surface area contributed by atoms with Gasteiger partial charge in [0, 0.05) is 25.9 Å². The fourth-order valence-corrected chi connectivity index (χ4v) is 2.01. The molecule has 3 nitrogen and oxygen atoms in total. The Hall–Kier alpha value is -1.06. The zero-order valence-electron chi connectivity index (χ0n) is 9.53. The summed E-state index contributed by atoms with van der Waals surface area (Å²) in [6, 6.07) is 6.12. The number of benzene rings is 1. The second kappa shape index (κ2) is 4.85. The first-order chi connectivity index (χ1) is 7.69. The maximum Gasteiger partial charge on any atom is 0.192 e. The average Bonchev–Trinajstić information content (AvgIpc) is 2.57. The van der Waals surface area contributed by atoms with Crippen molar-refractivity contribution in [3.8, 4) is 0 Å². The average molecular weight is 239 g/mol. The van der Waals surface area contributed by atoms with Crippen molar-refractivity contribution >= 4 is 22.7 Å². The number of aromatic nitrogens is 1. The number of halogens is 1. The Bertz CT molecular complexity index is 481. The van der Waals surface area contributed by atoms with E-state index in [4.69, 9.17) is 16.0 Å². The first-order valence-corrected chi connectivity index (χ1v) is 5.83. The molecular weight excluding hydrogens is 224 g/mol. The van der Waals surface area contributed by atoms with Crippen LogP contribution in [0, 0.1) is 6.92 Å². The molecule has 1 heterocycles. The standard InChI is InChI=1S/C12H15ClN2O/c1-9-14-11-4-3-10(7-12(11)16-9)8-15(2)6-5-13/h3-4,7H,5-6,8H2,1-2H3. The van der Waals surface area contributed by atoms with E-state index < -0.39 is 0 Å². The SMILES string of the molecule is Cc1nc2ccc(CN(C)CCCl)cc2o1. The van der Waals surface area contributed by atoms with Crippen LogP contribution in [0.2, 0.25) is 0 Å². The van der Waals surface area contributed by atoms with Crippen molar-refractivity contribution in [2.75, 3.05) is 19.5 Å². The molecular formula is C12H15ClN2O. The van der Waals surface area contributed by atoms with Crippen LogP contribution in [0.15, 0.2) is 22.6 Å². The number of alkyl halides is 1. The van der Waals surface area contributed by atoms with E-state index in [1.165, 1.54) is 5.56 Å². The summed E-state index contributed by atoms with van der Waals surface area (Å²) in [5, 5.41) is 0. The van der Waals surface area contributed by atoms with E-state index in [0.717, 1.165) is 24.2 Å². The van der Waals surface area contributed by atoms with Crippen molar-refractivity contribution in [1.29, 1.82) is 0 Å². The lowest BCUT2D eigenvalue weighted by Crippen LogP contribution is -2.19. The van der Waals surface area contributed by atoms with Gasteiger partial charge in [0.2, 0.25) is 0 Å². The van der Waals surface area contributed by atoms with Gasteiger partial charge in [0.05, 0.1) is 0 Å². The van der Waals surface area contributed by atoms with Crippen LogP contribution in [0.5, 0.6) is 0 Å². The molecule has 0 amide bonds. The normalized spacial score (nSPS) is 11.5. The van der Waals surface area contributed by atoms with Crippen LogP contribution < -0.4 is 0 Å². The summed E-state index contributed by atoms with van der Waals surface area (Å²) >= 11 is 5.69. The Balaban J connectivity index is 2.18. The van der Waals surface area contributed by atoms with Gasteiger partial charge in [0.15, 0.2) is 11.5 Å². The minimum absolute atomic E-state index is 0.653. The Kier molecular flexibility index (Phi) is 3.46. The molecule has 0 aliphatic carbocycles. The molecule has 0 atom stereocenters. The first kappa shape index (κ1) is 11.4. The zero-order valence-corrected chi connectivity index (χ0v) is 10.3. The van der Waals surface area contributed by atoms with Crippen molar-refractivity contribution in [3.05, 3.63) is 29.7 Å². The molecule has 0 unspecified atom stereocenters. The number of oxazole rings is 1. The van der Waals surface area contributed by atoms with E-state index >= 15 is 0 Å². The number of nitrogens with zero attached hydrogens (tertiary/aromatic N) is 2. The summed E-state index contributed by atoms with van der Waals surface area (Å²) in [6.45, 7) is 3.62. The second-order valence-electron chi connectivity index (χ2n) is 3.96. The lowest BCUT2D eigenvalue weighted by Gasteiger charge is -2.14. The van der Waals surface area contributed by atoms with Crippen molar-refractivity contribution in [2.24, 2.45) is 0 Å². The highest BCUT2D eigenvalue weighted by Crippen LogP contribution is 2.17. The molecule has 2 aromatic rings. The minimum Gasteiger partial charge on any atom is -0.441 e. The van der Waals surface area contributed by atoms with Gasteiger partial charge in [0.1, 0.15) is 5.52 Å². The van der Waals surface area contributed by atoms with Crippen LogP contribution in [0.3, 0.4) is 0 Å². The first-order valence-electron chi connectivity index (χ1n) is 5.29. The van der Waals surface area contributed by atoms with Crippen LogP contribution in [0.4, 0.5) is 0 Å². The monoisotopic (exact) mass is 238 g/mol. The molecule has 86 valence electrons. The minimum atomic E-state index is 0.653. The Labute approximate surface area is 100 Å². The predicted molar refractivity (Wildman–Crippen MR) is 65.8 cm³/mol. The Morgan fingerprint density at radius 1 is 1.44 bits per heavy atom. The Morgan fingerprint density at radius 2 is 2.25 bits per heavy atom. The molecule has 0 N–H and O–H groups in total. The number of rotatable bonds is 4. The highest BCUT2D eigenvalue weighted by atomic mass is 35.5. The smallest absolute Gasteiger partial charge is 0.192 e. The van der Waals surface area contributed by atoms with Crippen molar-refractivity contribution in [2.45, 2.75) is 13.5 Å². The lowest BCUT2D eigenvalue weighted by atomic mass is 10.2. The van der Waals surface area contributed by atoms with Crippen molar-refractivity contribution < 1.29 is 4.42 Å². The predicted octanol–water partition coefficient (Wildman–Crippen LogP) is 2.81. The van der Waals surface area contributed by atoms with Gasteiger partial charge in [-0.05, 0) is 24.7 Å². The summed E-state index contributed by atoms with van der Waals surface area (Å²) in [6.07, 6.45) is 0. The third-order valence-electron chi connectivity index (χ3n) is 2.48. The van der Waals surface area contributed by atoms with Crippen LogP contribution in [-0.2, 0) is 6.54 Å². The van der Waals surface area contributed by atoms with E-state index in [2.05, 4.69) is 23.0 Å². The zero-order chi connectivity index (χ0) is 11.5. The van der Waals surface area contributed by atoms with E-state index in [0.29, 0.717) is 11.8 Å². The molecule has 0 spiro atoms. The molecule has 2 rings (SSSR count). The fraction of sp³-hybridized carbons (Fsp3) is 0.417. The molecule has 1 aromatic heterocycles. The largest absolute Gasteiger partial charge is 0.441 e. The van der Waals surface area contributed by atoms with Gasteiger partial charge in [-0.15, -0.1) is 11.6 Å². The third-order valence-corrected chi connectivity index (χ3v) is 2.65. The summed E-state index contributed by atoms with van der Waals surface area (Å²) < 4.78 is 5.49. The van der Waals surface area contributed by atoms with Crippen LogP contribution in [0.1, 0.15) is 11.5 Å². The van der Waals surface area contributed by atoms with E-state index in [1.807, 2.05) is 19.1 Å². The highest BCUT2D eigenvalue weighted by molar-refractivity contribution is 6.18. The van der Waals surface area contributed by atoms with Crippen molar-refractivity contribution in [1.82, 2.24) is 9.88 Å². The quantitative estimate of drug-likeness (QED) is 0.767. The van der Waals surface area contributed by atoms with Crippen molar-refractivity contribution in [3.63, 3.8) is 0 Å². The Morgan fingerprint density at radius 3 is 3.00 bits per heavy atom. The molecule has 0 aliphatic rings. The van der Waals surface area contributed by atoms with Gasteiger partial charge < -0.3 is 9.32 Å². The number of fused-ring (bicyclic) bond motifs is 1. The van der Waals surface area contributed by atoms with Crippen LogP contribution >= 0.6 is 11.6 Å². The molecule has 0 saturated heterocycles. The summed E-state index contributed by atoms with van der Waals surface area (Å²) in [4.78, 5) is 6.45. The van der Waals surface area contributed by atoms with E-state index in [-0.39, 0.29) is 0 Å². The van der Waals surface area contributed by atoms with Gasteiger partial charge in [-0.3, -0.25) is 0 Å². The summed E-state index contributed by atoms with van der Waals surface area (Å²) in [5.41, 5.74) is 2.99. The molecule has 0 bridgehead atoms. The molecule has 0 fully saturated rings. The van der Waals surface area contributed by atoms with Crippen LogP contribution in [-0.4, -0.2) is 29.4 Å². The van der Waals surface area contributed by atoms with E-state index in [9.17, 15) is 0 Å². The van der Waals surface area contributed by atoms with Gasteiger partial charge in [-0.1, -0.05) is 6.07 Å². The van der Waals surface area contributed by atoms with E-state index in [1.54, 1.807) is 0 Å². The molecule has 1 aromatic carbocycles. The second-order valence-corrected chi connectivity index (χ2v) is 4.34. The molecule has 4 heteroatoms. The fourth-order valence-electron chi connectivity index (χ4n) is 1.72. The molecule has 0 aliphatic heterocycles. The van der Waals surface area contributed by atoms with Crippen LogP contribution in [0.25, 0.3) is 11.1 Å². The molecule has 16 heavy (non-hydrogen) atoms. The van der Waals surface area contributed by atoms with Gasteiger partial charge in [-0.25, -0.2) is 4.98 Å². The maximum absolute atomic E-state index is 5.69. The summed E-state index contributed by atoms with van der Waals surface area (Å²) in [5.74, 6) is 1.36. The number of hydrogen-bond donors (Lipinski definition) is 0.